The van der Waals surface area contributed by atoms with Gasteiger partial charge in [0.1, 0.15) is 12.1 Å². The Kier molecular flexibility index (Phi) is 2.87. The minimum atomic E-state index is -0.174. The van der Waals surface area contributed by atoms with E-state index in [-0.39, 0.29) is 6.10 Å². The Morgan fingerprint density at radius 3 is 3.17 bits per heavy atom. The van der Waals surface area contributed by atoms with Crippen LogP contribution in [0.15, 0.2) is 12.4 Å². The van der Waals surface area contributed by atoms with Crippen LogP contribution in [0.1, 0.15) is 25.0 Å². The van der Waals surface area contributed by atoms with Gasteiger partial charge in [-0.05, 0) is 19.8 Å². The molecule has 1 aliphatic rings. The van der Waals surface area contributed by atoms with E-state index in [4.69, 9.17) is 0 Å². The molecule has 0 bridgehead atoms. The molecular formula is C12H17N5O. The summed E-state index contributed by atoms with van der Waals surface area (Å²) in [5.41, 5.74) is 0.907. The van der Waals surface area contributed by atoms with Crippen LogP contribution in [0.4, 0.5) is 5.82 Å². The van der Waals surface area contributed by atoms with Crippen molar-refractivity contribution in [2.75, 3.05) is 11.9 Å². The van der Waals surface area contributed by atoms with Gasteiger partial charge in [-0.2, -0.15) is 14.6 Å². The SMILES string of the molecule is Cc1cc(NCC2CCCC2O)n2ncnc2n1. The molecule has 3 rings (SSSR count). The molecule has 0 aromatic carbocycles. The van der Waals surface area contributed by atoms with Gasteiger partial charge in [-0.15, -0.1) is 0 Å². The zero-order chi connectivity index (χ0) is 12.5. The van der Waals surface area contributed by atoms with Gasteiger partial charge in [0.05, 0.1) is 6.10 Å². The molecule has 2 heterocycles. The molecule has 2 N–H and O–H groups in total. The Balaban J connectivity index is 1.79. The molecule has 0 saturated heterocycles. The summed E-state index contributed by atoms with van der Waals surface area (Å²) in [5, 5.41) is 17.3. The summed E-state index contributed by atoms with van der Waals surface area (Å²) in [5.74, 6) is 1.82. The quantitative estimate of drug-likeness (QED) is 0.846. The first-order valence-electron chi connectivity index (χ1n) is 6.33. The average molecular weight is 247 g/mol. The second kappa shape index (κ2) is 4.53. The first-order chi connectivity index (χ1) is 8.74. The maximum Gasteiger partial charge on any atom is 0.254 e. The lowest BCUT2D eigenvalue weighted by molar-refractivity contribution is 0.138. The van der Waals surface area contributed by atoms with Gasteiger partial charge in [-0.1, -0.05) is 6.42 Å². The van der Waals surface area contributed by atoms with Crippen molar-refractivity contribution in [1.82, 2.24) is 19.6 Å². The molecule has 0 radical (unpaired) electrons. The summed E-state index contributed by atoms with van der Waals surface area (Å²) >= 11 is 0. The number of fused-ring (bicyclic) bond motifs is 1. The van der Waals surface area contributed by atoms with Gasteiger partial charge in [0, 0.05) is 24.2 Å². The number of anilines is 1. The fourth-order valence-corrected chi connectivity index (χ4v) is 2.55. The molecule has 1 saturated carbocycles. The molecular weight excluding hydrogens is 230 g/mol. The first kappa shape index (κ1) is 11.4. The summed E-state index contributed by atoms with van der Waals surface area (Å²) in [7, 11) is 0. The molecule has 0 aliphatic heterocycles. The molecule has 96 valence electrons. The number of hydrogen-bond donors (Lipinski definition) is 2. The molecule has 2 aromatic rings. The predicted octanol–water partition coefficient (Wildman–Crippen LogP) is 1.01. The van der Waals surface area contributed by atoms with Crippen molar-refractivity contribution in [1.29, 1.82) is 0 Å². The number of nitrogens with one attached hydrogen (secondary N) is 1. The van der Waals surface area contributed by atoms with Gasteiger partial charge in [0.15, 0.2) is 0 Å². The normalized spacial score (nSPS) is 23.7. The van der Waals surface area contributed by atoms with Crippen LogP contribution in [0.3, 0.4) is 0 Å². The Labute approximate surface area is 105 Å². The van der Waals surface area contributed by atoms with Crippen LogP contribution in [-0.4, -0.2) is 37.3 Å². The highest BCUT2D eigenvalue weighted by Gasteiger charge is 2.24. The van der Waals surface area contributed by atoms with Crippen molar-refractivity contribution in [3.05, 3.63) is 18.1 Å². The largest absolute Gasteiger partial charge is 0.393 e. The zero-order valence-electron chi connectivity index (χ0n) is 10.4. The van der Waals surface area contributed by atoms with Gasteiger partial charge in [0.2, 0.25) is 0 Å². The summed E-state index contributed by atoms with van der Waals surface area (Å²) in [6.45, 7) is 2.70. The molecule has 6 heteroatoms. The lowest BCUT2D eigenvalue weighted by Crippen LogP contribution is -2.23. The molecule has 1 aliphatic carbocycles. The molecule has 0 spiro atoms. The fourth-order valence-electron chi connectivity index (χ4n) is 2.55. The summed E-state index contributed by atoms with van der Waals surface area (Å²) < 4.78 is 1.69. The topological polar surface area (TPSA) is 75.3 Å². The number of hydrogen-bond acceptors (Lipinski definition) is 5. The monoisotopic (exact) mass is 247 g/mol. The molecule has 2 atom stereocenters. The van der Waals surface area contributed by atoms with Crippen LogP contribution in [0.2, 0.25) is 0 Å². The highest BCUT2D eigenvalue weighted by atomic mass is 16.3. The third kappa shape index (κ3) is 2.03. The maximum absolute atomic E-state index is 9.81. The molecule has 1 fully saturated rings. The highest BCUT2D eigenvalue weighted by molar-refractivity contribution is 5.44. The third-order valence-corrected chi connectivity index (χ3v) is 3.54. The smallest absolute Gasteiger partial charge is 0.254 e. The summed E-state index contributed by atoms with van der Waals surface area (Å²) in [4.78, 5) is 8.38. The van der Waals surface area contributed by atoms with Gasteiger partial charge in [-0.3, -0.25) is 0 Å². The van der Waals surface area contributed by atoms with E-state index in [1.165, 1.54) is 6.33 Å². The lowest BCUT2D eigenvalue weighted by Gasteiger charge is -2.16. The van der Waals surface area contributed by atoms with E-state index in [1.807, 2.05) is 13.0 Å². The van der Waals surface area contributed by atoms with E-state index in [0.717, 1.165) is 37.3 Å². The van der Waals surface area contributed by atoms with Crippen LogP contribution in [0, 0.1) is 12.8 Å². The van der Waals surface area contributed by atoms with Gasteiger partial charge >= 0.3 is 0 Å². The van der Waals surface area contributed by atoms with Crippen LogP contribution in [0.25, 0.3) is 5.78 Å². The number of rotatable bonds is 3. The molecule has 18 heavy (non-hydrogen) atoms. The van der Waals surface area contributed by atoms with Crippen molar-refractivity contribution in [3.8, 4) is 0 Å². The van der Waals surface area contributed by atoms with Gasteiger partial charge in [-0.25, -0.2) is 4.98 Å². The second-order valence-corrected chi connectivity index (χ2v) is 4.89. The standard InChI is InChI=1S/C12H17N5O/c1-8-5-11(17-12(16-8)14-7-15-17)13-6-9-3-2-4-10(9)18/h5,7,9-10,13,18H,2-4,6H2,1H3. The molecule has 6 nitrogen and oxygen atoms in total. The predicted molar refractivity (Wildman–Crippen MR) is 67.4 cm³/mol. The van der Waals surface area contributed by atoms with E-state index in [2.05, 4.69) is 20.4 Å². The van der Waals surface area contributed by atoms with Gasteiger partial charge in [0.25, 0.3) is 5.78 Å². The fraction of sp³-hybridized carbons (Fsp3) is 0.583. The van der Waals surface area contributed by atoms with Crippen molar-refractivity contribution in [3.63, 3.8) is 0 Å². The van der Waals surface area contributed by atoms with E-state index >= 15 is 0 Å². The number of aliphatic hydroxyl groups excluding tert-OH is 1. The summed E-state index contributed by atoms with van der Waals surface area (Å²) in [6.07, 6.45) is 4.43. The van der Waals surface area contributed by atoms with Crippen molar-refractivity contribution < 1.29 is 5.11 Å². The third-order valence-electron chi connectivity index (χ3n) is 3.54. The van der Waals surface area contributed by atoms with Crippen LogP contribution >= 0.6 is 0 Å². The molecule has 0 amide bonds. The number of nitrogens with zero attached hydrogens (tertiary/aromatic N) is 4. The minimum Gasteiger partial charge on any atom is -0.393 e. The molecule has 2 aromatic heterocycles. The highest BCUT2D eigenvalue weighted by Crippen LogP contribution is 2.25. The summed E-state index contributed by atoms with van der Waals surface area (Å²) in [6, 6.07) is 1.95. The van der Waals surface area contributed by atoms with E-state index < -0.39 is 0 Å². The first-order valence-corrected chi connectivity index (χ1v) is 6.33. The van der Waals surface area contributed by atoms with Crippen molar-refractivity contribution in [2.45, 2.75) is 32.3 Å². The van der Waals surface area contributed by atoms with E-state index in [9.17, 15) is 5.11 Å². The van der Waals surface area contributed by atoms with Gasteiger partial charge < -0.3 is 10.4 Å². The Hall–Kier alpha value is -1.69. The maximum atomic E-state index is 9.81. The van der Waals surface area contributed by atoms with Crippen LogP contribution in [-0.2, 0) is 0 Å². The van der Waals surface area contributed by atoms with E-state index in [1.54, 1.807) is 4.52 Å². The minimum absolute atomic E-state index is 0.174. The number of aryl methyl sites for hydroxylation is 1. The van der Waals surface area contributed by atoms with Crippen molar-refractivity contribution >= 4 is 11.6 Å². The average Bonchev–Trinajstić information content (AvgIpc) is 2.94. The Morgan fingerprint density at radius 2 is 2.39 bits per heavy atom. The zero-order valence-corrected chi connectivity index (χ0v) is 10.4. The van der Waals surface area contributed by atoms with E-state index in [0.29, 0.717) is 11.7 Å². The van der Waals surface area contributed by atoms with Crippen LogP contribution in [0.5, 0.6) is 0 Å². The Morgan fingerprint density at radius 1 is 1.50 bits per heavy atom. The lowest BCUT2D eigenvalue weighted by atomic mass is 10.1. The molecule has 2 unspecified atom stereocenters. The number of aromatic nitrogens is 4. The second-order valence-electron chi connectivity index (χ2n) is 4.89. The Bertz CT molecular complexity index is 552. The van der Waals surface area contributed by atoms with Crippen LogP contribution < -0.4 is 5.32 Å². The van der Waals surface area contributed by atoms with Crippen molar-refractivity contribution in [2.24, 2.45) is 5.92 Å². The number of aliphatic hydroxyl groups is 1.